The molecule has 0 radical (unpaired) electrons. The van der Waals surface area contributed by atoms with Gasteiger partial charge in [-0.2, -0.15) is 0 Å². The zero-order valence-electron chi connectivity index (χ0n) is 12.8. The van der Waals surface area contributed by atoms with E-state index in [4.69, 9.17) is 0 Å². The second-order valence-corrected chi connectivity index (χ2v) is 5.87. The van der Waals surface area contributed by atoms with Crippen molar-refractivity contribution in [2.24, 2.45) is 0 Å². The van der Waals surface area contributed by atoms with E-state index in [1.165, 1.54) is 44.6 Å². The number of hydrogen-bond donors (Lipinski definition) is 2. The van der Waals surface area contributed by atoms with Gasteiger partial charge in [0.25, 0.3) is 0 Å². The van der Waals surface area contributed by atoms with Gasteiger partial charge in [-0.15, -0.1) is 0 Å². The third kappa shape index (κ3) is 5.14. The number of aliphatic hydroxyl groups is 1. The number of benzene rings is 1. The maximum absolute atomic E-state index is 11.1. The predicted octanol–water partition coefficient (Wildman–Crippen LogP) is 2.77. The lowest BCUT2D eigenvalue weighted by Gasteiger charge is -2.34. The van der Waals surface area contributed by atoms with Gasteiger partial charge in [0.15, 0.2) is 0 Å². The first kappa shape index (κ1) is 16.0. The summed E-state index contributed by atoms with van der Waals surface area (Å²) in [6, 6.07) is 8.56. The summed E-state index contributed by atoms with van der Waals surface area (Å²) in [7, 11) is 0. The van der Waals surface area contributed by atoms with E-state index in [1.807, 2.05) is 18.2 Å². The normalized spacial score (nSPS) is 16.1. The average Bonchev–Trinajstić information content (AvgIpc) is 2.47. The van der Waals surface area contributed by atoms with Crippen molar-refractivity contribution >= 4 is 11.6 Å². The summed E-state index contributed by atoms with van der Waals surface area (Å²) in [6.07, 6.45) is 6.37. The Hall–Kier alpha value is -1.39. The molecular weight excluding hydrogens is 264 g/mol. The number of amides is 1. The molecule has 4 nitrogen and oxygen atoms in total. The number of carbonyl (C=O) groups is 1. The van der Waals surface area contributed by atoms with Gasteiger partial charge in [0, 0.05) is 31.7 Å². The van der Waals surface area contributed by atoms with Crippen LogP contribution in [-0.4, -0.2) is 35.1 Å². The Labute approximate surface area is 127 Å². The molecule has 0 aromatic heterocycles. The van der Waals surface area contributed by atoms with Crippen LogP contribution in [-0.2, 0) is 11.3 Å². The van der Waals surface area contributed by atoms with Crippen molar-refractivity contribution in [2.45, 2.75) is 51.6 Å². The van der Waals surface area contributed by atoms with Gasteiger partial charge in [0.1, 0.15) is 0 Å². The van der Waals surface area contributed by atoms with Crippen molar-refractivity contribution < 1.29 is 9.90 Å². The van der Waals surface area contributed by atoms with Crippen molar-refractivity contribution in [1.29, 1.82) is 0 Å². The molecule has 0 spiro atoms. The fraction of sp³-hybridized carbons (Fsp3) is 0.588. The SMILES string of the molecule is CC(=O)Nc1cccc(CN(CCO)C2CCCCC2)c1. The van der Waals surface area contributed by atoms with Gasteiger partial charge < -0.3 is 10.4 Å². The Bertz CT molecular complexity index is 456. The molecule has 2 rings (SSSR count). The minimum Gasteiger partial charge on any atom is -0.395 e. The van der Waals surface area contributed by atoms with Gasteiger partial charge in [-0.1, -0.05) is 31.4 Å². The van der Waals surface area contributed by atoms with Crippen LogP contribution < -0.4 is 5.32 Å². The largest absolute Gasteiger partial charge is 0.395 e. The molecule has 0 heterocycles. The molecule has 1 aliphatic carbocycles. The first-order valence-corrected chi connectivity index (χ1v) is 7.90. The molecule has 0 aliphatic heterocycles. The maximum Gasteiger partial charge on any atom is 0.221 e. The Morgan fingerprint density at radius 2 is 2.10 bits per heavy atom. The molecule has 0 bridgehead atoms. The van der Waals surface area contributed by atoms with Crippen LogP contribution in [0.5, 0.6) is 0 Å². The van der Waals surface area contributed by atoms with E-state index < -0.39 is 0 Å². The van der Waals surface area contributed by atoms with E-state index in [-0.39, 0.29) is 12.5 Å². The summed E-state index contributed by atoms with van der Waals surface area (Å²) in [5.41, 5.74) is 2.02. The van der Waals surface area contributed by atoms with Gasteiger partial charge >= 0.3 is 0 Å². The quantitative estimate of drug-likeness (QED) is 0.847. The topological polar surface area (TPSA) is 52.6 Å². The second kappa shape index (κ2) is 8.15. The van der Waals surface area contributed by atoms with Crippen LogP contribution in [0.25, 0.3) is 0 Å². The monoisotopic (exact) mass is 290 g/mol. The summed E-state index contributed by atoms with van der Waals surface area (Å²) in [5, 5.41) is 12.1. The summed E-state index contributed by atoms with van der Waals surface area (Å²) >= 11 is 0. The fourth-order valence-electron chi connectivity index (χ4n) is 3.15. The maximum atomic E-state index is 11.1. The highest BCUT2D eigenvalue weighted by Gasteiger charge is 2.20. The molecule has 1 fully saturated rings. The summed E-state index contributed by atoms with van der Waals surface area (Å²) in [5.74, 6) is -0.0494. The highest BCUT2D eigenvalue weighted by atomic mass is 16.3. The summed E-state index contributed by atoms with van der Waals surface area (Å²) in [6.45, 7) is 3.27. The summed E-state index contributed by atoms with van der Waals surface area (Å²) in [4.78, 5) is 13.5. The summed E-state index contributed by atoms with van der Waals surface area (Å²) < 4.78 is 0. The van der Waals surface area contributed by atoms with Crippen LogP contribution in [0.15, 0.2) is 24.3 Å². The third-order valence-corrected chi connectivity index (χ3v) is 4.11. The minimum absolute atomic E-state index is 0.0494. The van der Waals surface area contributed by atoms with Crippen LogP contribution in [0.4, 0.5) is 5.69 Å². The lowest BCUT2D eigenvalue weighted by Crippen LogP contribution is -2.38. The number of carbonyl (C=O) groups excluding carboxylic acids is 1. The molecule has 1 aromatic rings. The van der Waals surface area contributed by atoms with Crippen LogP contribution in [0.1, 0.15) is 44.6 Å². The van der Waals surface area contributed by atoms with Crippen molar-refractivity contribution in [2.75, 3.05) is 18.5 Å². The number of aliphatic hydroxyl groups excluding tert-OH is 1. The van der Waals surface area contributed by atoms with Gasteiger partial charge in [0.05, 0.1) is 6.61 Å². The molecule has 4 heteroatoms. The Kier molecular flexibility index (Phi) is 6.21. The zero-order chi connectivity index (χ0) is 15.1. The fourth-order valence-corrected chi connectivity index (χ4v) is 3.15. The lowest BCUT2D eigenvalue weighted by molar-refractivity contribution is -0.114. The van der Waals surface area contributed by atoms with E-state index in [0.29, 0.717) is 6.04 Å². The van der Waals surface area contributed by atoms with Crippen LogP contribution in [0.2, 0.25) is 0 Å². The van der Waals surface area contributed by atoms with E-state index in [2.05, 4.69) is 16.3 Å². The number of anilines is 1. The Balaban J connectivity index is 2.03. The number of nitrogens with zero attached hydrogens (tertiary/aromatic N) is 1. The zero-order valence-corrected chi connectivity index (χ0v) is 12.8. The predicted molar refractivity (Wildman–Crippen MR) is 85.1 cm³/mol. The lowest BCUT2D eigenvalue weighted by atomic mass is 9.94. The molecule has 1 amide bonds. The van der Waals surface area contributed by atoms with E-state index in [1.54, 1.807) is 0 Å². The van der Waals surface area contributed by atoms with Gasteiger partial charge in [0.2, 0.25) is 5.91 Å². The van der Waals surface area contributed by atoms with E-state index in [0.717, 1.165) is 18.8 Å². The minimum atomic E-state index is -0.0494. The van der Waals surface area contributed by atoms with Crippen LogP contribution in [0.3, 0.4) is 0 Å². The van der Waals surface area contributed by atoms with Crippen LogP contribution in [0, 0.1) is 0 Å². The molecule has 116 valence electrons. The van der Waals surface area contributed by atoms with Gasteiger partial charge in [-0.25, -0.2) is 0 Å². The molecule has 0 atom stereocenters. The molecule has 2 N–H and O–H groups in total. The van der Waals surface area contributed by atoms with Crippen molar-refractivity contribution in [1.82, 2.24) is 4.90 Å². The molecule has 1 aromatic carbocycles. The Morgan fingerprint density at radius 3 is 2.76 bits per heavy atom. The second-order valence-electron chi connectivity index (χ2n) is 5.87. The van der Waals surface area contributed by atoms with Crippen molar-refractivity contribution in [3.05, 3.63) is 29.8 Å². The average molecular weight is 290 g/mol. The number of hydrogen-bond acceptors (Lipinski definition) is 3. The first-order chi connectivity index (χ1) is 10.2. The number of nitrogens with one attached hydrogen (secondary N) is 1. The molecule has 21 heavy (non-hydrogen) atoms. The molecule has 1 saturated carbocycles. The van der Waals surface area contributed by atoms with Crippen molar-refractivity contribution in [3.8, 4) is 0 Å². The molecule has 1 aliphatic rings. The van der Waals surface area contributed by atoms with E-state index in [9.17, 15) is 9.90 Å². The third-order valence-electron chi connectivity index (χ3n) is 4.11. The van der Waals surface area contributed by atoms with Crippen molar-refractivity contribution in [3.63, 3.8) is 0 Å². The highest BCUT2D eigenvalue weighted by Crippen LogP contribution is 2.24. The van der Waals surface area contributed by atoms with Gasteiger partial charge in [-0.05, 0) is 30.5 Å². The molecule has 0 saturated heterocycles. The Morgan fingerprint density at radius 1 is 1.33 bits per heavy atom. The standard InChI is InChI=1S/C17H26N2O2/c1-14(21)18-16-7-5-6-15(12-16)13-19(10-11-20)17-8-3-2-4-9-17/h5-7,12,17,20H,2-4,8-11,13H2,1H3,(H,18,21). The smallest absolute Gasteiger partial charge is 0.221 e. The molecular formula is C17H26N2O2. The molecule has 0 unspecified atom stereocenters. The van der Waals surface area contributed by atoms with Crippen LogP contribution >= 0.6 is 0 Å². The number of rotatable bonds is 6. The van der Waals surface area contributed by atoms with E-state index >= 15 is 0 Å². The first-order valence-electron chi connectivity index (χ1n) is 7.90. The van der Waals surface area contributed by atoms with Gasteiger partial charge in [-0.3, -0.25) is 9.69 Å². The highest BCUT2D eigenvalue weighted by molar-refractivity contribution is 5.88.